The van der Waals surface area contributed by atoms with Crippen molar-refractivity contribution >= 4 is 8.32 Å². The second kappa shape index (κ2) is 5.99. The summed E-state index contributed by atoms with van der Waals surface area (Å²) in [5, 5.41) is 10.4. The normalized spacial score (nSPS) is 48.6. The molecule has 6 atom stereocenters. The van der Waals surface area contributed by atoms with Crippen molar-refractivity contribution in [1.82, 2.24) is 0 Å². The molecule has 30 heavy (non-hydrogen) atoms. The Labute approximate surface area is 181 Å². The van der Waals surface area contributed by atoms with Crippen LogP contribution in [0.5, 0.6) is 0 Å². The summed E-state index contributed by atoms with van der Waals surface area (Å²) in [4.78, 5) is 0. The third-order valence-electron chi connectivity index (χ3n) is 9.32. The van der Waals surface area contributed by atoms with Crippen molar-refractivity contribution < 1.29 is 18.6 Å². The SMILES string of the molecule is C[C@]12CC3OC34C3=C(CCC4C1CC[C@@]2(C#N)O[Si](C)(C)C)CC1(CC3)OCCO1. The van der Waals surface area contributed by atoms with Gasteiger partial charge in [0.25, 0.3) is 0 Å². The number of nitrogens with zero attached hydrogens (tertiary/aromatic N) is 1. The molecule has 0 amide bonds. The minimum absolute atomic E-state index is 0.0529. The van der Waals surface area contributed by atoms with Crippen LogP contribution in [0.15, 0.2) is 11.1 Å². The fraction of sp³-hybridized carbons (Fsp3) is 0.875. The maximum atomic E-state index is 10.4. The van der Waals surface area contributed by atoms with E-state index < -0.39 is 13.9 Å². The minimum Gasteiger partial charge on any atom is -0.399 e. The Hall–Kier alpha value is -0.713. The second-order valence-electron chi connectivity index (χ2n) is 11.8. The van der Waals surface area contributed by atoms with Crippen molar-refractivity contribution in [3.63, 3.8) is 0 Å². The number of rotatable bonds is 2. The number of fused-ring (bicyclic) bond motifs is 2. The van der Waals surface area contributed by atoms with Gasteiger partial charge in [-0.05, 0) is 75.6 Å². The quantitative estimate of drug-likeness (QED) is 0.362. The van der Waals surface area contributed by atoms with E-state index in [-0.39, 0.29) is 22.9 Å². The maximum absolute atomic E-state index is 10.4. The Morgan fingerprint density at radius 1 is 1.07 bits per heavy atom. The summed E-state index contributed by atoms with van der Waals surface area (Å²) in [5.74, 6) is 0.681. The van der Waals surface area contributed by atoms with Crippen LogP contribution < -0.4 is 0 Å². The lowest BCUT2D eigenvalue weighted by Gasteiger charge is -2.53. The van der Waals surface area contributed by atoms with Gasteiger partial charge in [0.2, 0.25) is 0 Å². The highest BCUT2D eigenvalue weighted by molar-refractivity contribution is 6.69. The van der Waals surface area contributed by atoms with Crippen LogP contribution in [0.2, 0.25) is 19.6 Å². The number of nitriles is 1. The summed E-state index contributed by atoms with van der Waals surface area (Å²) in [6.07, 6.45) is 8.41. The number of hydrogen-bond donors (Lipinski definition) is 0. The Bertz CT molecular complexity index is 852. The van der Waals surface area contributed by atoms with Crippen LogP contribution >= 0.6 is 0 Å². The van der Waals surface area contributed by atoms with Gasteiger partial charge in [0.05, 0.1) is 25.4 Å². The second-order valence-corrected chi connectivity index (χ2v) is 16.3. The van der Waals surface area contributed by atoms with E-state index in [2.05, 4.69) is 32.6 Å². The van der Waals surface area contributed by atoms with Gasteiger partial charge in [0.1, 0.15) is 11.2 Å². The van der Waals surface area contributed by atoms with E-state index in [9.17, 15) is 5.26 Å². The first-order chi connectivity index (χ1) is 14.2. The Morgan fingerprint density at radius 3 is 2.53 bits per heavy atom. The molecule has 4 unspecified atom stereocenters. The molecule has 0 aromatic heterocycles. The molecule has 6 aliphatic rings. The van der Waals surface area contributed by atoms with Gasteiger partial charge in [-0.3, -0.25) is 0 Å². The highest BCUT2D eigenvalue weighted by Gasteiger charge is 2.77. The van der Waals surface area contributed by atoms with Crippen LogP contribution in [0.1, 0.15) is 58.3 Å². The maximum Gasteiger partial charge on any atom is 0.185 e. The van der Waals surface area contributed by atoms with Gasteiger partial charge in [-0.2, -0.15) is 5.26 Å². The van der Waals surface area contributed by atoms with Gasteiger partial charge in [0.15, 0.2) is 14.1 Å². The van der Waals surface area contributed by atoms with E-state index in [0.29, 0.717) is 11.8 Å². The van der Waals surface area contributed by atoms with Crippen molar-refractivity contribution in [3.8, 4) is 6.07 Å². The van der Waals surface area contributed by atoms with Gasteiger partial charge in [-0.25, -0.2) is 0 Å². The van der Waals surface area contributed by atoms with E-state index in [1.807, 2.05) is 0 Å². The molecule has 5 nitrogen and oxygen atoms in total. The topological polar surface area (TPSA) is 64.0 Å². The Morgan fingerprint density at radius 2 is 1.83 bits per heavy atom. The standard InChI is InChI=1S/C24H35NO4Si/c1-21-14-20-24(28-20)17-8-10-23(26-11-12-27-23)13-16(17)5-6-19(24)18(21)7-9-22(21,15-25)29-30(2,3)4/h18-20H,5-14H2,1-4H3/t18?,19?,20?,21-,22-,24?/m0/s1. The molecule has 0 N–H and O–H groups in total. The molecular formula is C24H35NO4Si. The van der Waals surface area contributed by atoms with E-state index in [1.165, 1.54) is 6.42 Å². The molecule has 0 aromatic rings. The van der Waals surface area contributed by atoms with Crippen molar-refractivity contribution in [2.75, 3.05) is 13.2 Å². The average Bonchev–Trinajstić information content (AvgIpc) is 3.07. The highest BCUT2D eigenvalue weighted by atomic mass is 28.4. The number of epoxide rings is 1. The summed E-state index contributed by atoms with van der Waals surface area (Å²) < 4.78 is 25.4. The lowest BCUT2D eigenvalue weighted by molar-refractivity contribution is -0.165. The Kier molecular flexibility index (Phi) is 3.98. The predicted molar refractivity (Wildman–Crippen MR) is 114 cm³/mol. The third kappa shape index (κ3) is 2.42. The average molecular weight is 430 g/mol. The molecule has 4 fully saturated rings. The molecule has 164 valence electrons. The number of hydrogen-bond acceptors (Lipinski definition) is 5. The lowest BCUT2D eigenvalue weighted by Crippen LogP contribution is -2.57. The van der Waals surface area contributed by atoms with Gasteiger partial charge in [-0.15, -0.1) is 0 Å². The van der Waals surface area contributed by atoms with Crippen LogP contribution in [0.3, 0.4) is 0 Å². The molecule has 2 heterocycles. The largest absolute Gasteiger partial charge is 0.399 e. The molecule has 0 aromatic carbocycles. The monoisotopic (exact) mass is 429 g/mol. The molecule has 0 bridgehead atoms. The van der Waals surface area contributed by atoms with Gasteiger partial charge < -0.3 is 18.6 Å². The van der Waals surface area contributed by atoms with Crippen LogP contribution in [0.25, 0.3) is 0 Å². The fourth-order valence-corrected chi connectivity index (χ4v) is 9.65. The van der Waals surface area contributed by atoms with Gasteiger partial charge in [-0.1, -0.05) is 12.5 Å². The summed E-state index contributed by atoms with van der Waals surface area (Å²) in [5.41, 5.74) is 2.33. The number of ether oxygens (including phenoxy) is 3. The molecule has 2 saturated carbocycles. The lowest BCUT2D eigenvalue weighted by atomic mass is 9.52. The molecule has 4 aliphatic carbocycles. The van der Waals surface area contributed by atoms with Crippen LogP contribution in [-0.4, -0.2) is 44.6 Å². The zero-order valence-corrected chi connectivity index (χ0v) is 19.9. The fourth-order valence-electron chi connectivity index (χ4n) is 8.23. The first-order valence-corrected chi connectivity index (χ1v) is 15.4. The van der Waals surface area contributed by atoms with Gasteiger partial charge >= 0.3 is 0 Å². The molecule has 2 saturated heterocycles. The first-order valence-electron chi connectivity index (χ1n) is 12.0. The van der Waals surface area contributed by atoms with Crippen LogP contribution in [0.4, 0.5) is 0 Å². The van der Waals surface area contributed by atoms with Crippen molar-refractivity contribution in [2.24, 2.45) is 17.3 Å². The highest BCUT2D eigenvalue weighted by Crippen LogP contribution is 2.73. The predicted octanol–water partition coefficient (Wildman–Crippen LogP) is 4.69. The summed E-state index contributed by atoms with van der Waals surface area (Å²) >= 11 is 0. The van der Waals surface area contributed by atoms with E-state index in [4.69, 9.17) is 18.6 Å². The summed E-state index contributed by atoms with van der Waals surface area (Å²) in [7, 11) is -1.84. The smallest absolute Gasteiger partial charge is 0.185 e. The first kappa shape index (κ1) is 19.9. The molecule has 0 radical (unpaired) electrons. The van der Waals surface area contributed by atoms with Crippen LogP contribution in [-0.2, 0) is 18.6 Å². The Balaban J connectivity index is 1.34. The molecular weight excluding hydrogens is 394 g/mol. The summed E-state index contributed by atoms with van der Waals surface area (Å²) in [6.45, 7) is 10.4. The minimum atomic E-state index is -1.84. The van der Waals surface area contributed by atoms with E-state index >= 15 is 0 Å². The molecule has 6 heteroatoms. The van der Waals surface area contributed by atoms with Crippen LogP contribution in [0, 0.1) is 28.6 Å². The molecule has 6 rings (SSSR count). The zero-order chi connectivity index (χ0) is 21.0. The van der Waals surface area contributed by atoms with Crippen molar-refractivity contribution in [3.05, 3.63) is 11.1 Å². The van der Waals surface area contributed by atoms with Gasteiger partial charge in [0, 0.05) is 18.3 Å². The van der Waals surface area contributed by atoms with E-state index in [1.54, 1.807) is 11.1 Å². The molecule has 2 aliphatic heterocycles. The van der Waals surface area contributed by atoms with Crippen molar-refractivity contribution in [2.45, 2.75) is 101 Å². The van der Waals surface area contributed by atoms with Crippen molar-refractivity contribution in [1.29, 1.82) is 5.26 Å². The molecule has 2 spiro atoms. The zero-order valence-electron chi connectivity index (χ0n) is 18.9. The third-order valence-corrected chi connectivity index (χ3v) is 10.3. The summed E-state index contributed by atoms with van der Waals surface area (Å²) in [6, 6.07) is 2.71. The van der Waals surface area contributed by atoms with E-state index in [0.717, 1.165) is 58.2 Å².